The van der Waals surface area contributed by atoms with Crippen molar-refractivity contribution in [2.45, 2.75) is 88.7 Å². The quantitative estimate of drug-likeness (QED) is 0.271. The number of benzene rings is 2. The van der Waals surface area contributed by atoms with E-state index in [0.717, 1.165) is 24.0 Å². The molecule has 2 bridgehead atoms. The van der Waals surface area contributed by atoms with E-state index in [0.29, 0.717) is 38.9 Å². The van der Waals surface area contributed by atoms with E-state index < -0.39 is 35.1 Å². The Morgan fingerprint density at radius 1 is 1.02 bits per heavy atom. The van der Waals surface area contributed by atoms with Crippen LogP contribution in [-0.4, -0.2) is 80.5 Å². The third-order valence-corrected chi connectivity index (χ3v) is 10.5. The lowest BCUT2D eigenvalue weighted by Gasteiger charge is -2.41. The zero-order chi connectivity index (χ0) is 33.1. The average Bonchev–Trinajstić information content (AvgIpc) is 3.68. The smallest absolute Gasteiger partial charge is 0.248 e. The molecular weight excluding hydrogens is 578 g/mol. The van der Waals surface area contributed by atoms with E-state index in [1.807, 2.05) is 74.5 Å². The highest BCUT2D eigenvalue weighted by Crippen LogP contribution is 2.65. The van der Waals surface area contributed by atoms with Crippen LogP contribution in [0.25, 0.3) is 0 Å². The molecule has 46 heavy (non-hydrogen) atoms. The van der Waals surface area contributed by atoms with Crippen molar-refractivity contribution in [1.29, 1.82) is 0 Å². The predicted molar refractivity (Wildman–Crippen MR) is 178 cm³/mol. The summed E-state index contributed by atoms with van der Waals surface area (Å²) in [5, 5.41) is 10.9. The summed E-state index contributed by atoms with van der Waals surface area (Å²) in [4.78, 5) is 49.8. The van der Waals surface area contributed by atoms with Gasteiger partial charge in [0.15, 0.2) is 0 Å². The molecule has 246 valence electrons. The fourth-order valence-electron chi connectivity index (χ4n) is 8.42. The predicted octanol–water partition coefficient (Wildman–Crippen LogP) is 5.29. The molecule has 1 spiro atoms. The highest BCUT2D eigenvalue weighted by Gasteiger charge is 2.79. The monoisotopic (exact) mass is 627 g/mol. The fourth-order valence-corrected chi connectivity index (χ4v) is 8.42. The maximum Gasteiger partial charge on any atom is 0.248 e. The second-order valence-electron chi connectivity index (χ2n) is 13.1. The number of amides is 3. The molecule has 0 radical (unpaired) electrons. The lowest BCUT2D eigenvalue weighted by Crippen LogP contribution is -2.58. The minimum absolute atomic E-state index is 0.0997. The number of carbonyl (C=O) groups is 3. The zero-order valence-corrected chi connectivity index (χ0v) is 27.5. The van der Waals surface area contributed by atoms with Crippen molar-refractivity contribution in [1.82, 2.24) is 14.7 Å². The molecule has 8 heteroatoms. The first-order chi connectivity index (χ1) is 22.2. The van der Waals surface area contributed by atoms with Crippen LogP contribution in [0.5, 0.6) is 0 Å². The molecule has 7 atom stereocenters. The SMILES string of the molecule is C=CCN(Cc1ccccc1)C(=O)[C@H]1[C@H]2C(=O)N([C@H](CO)c3ccccc3)C(C(=O)N(CC=C)C(C)CCC)C23CC[C@]1(CC)O3. The Bertz CT molecular complexity index is 1420. The van der Waals surface area contributed by atoms with Crippen LogP contribution in [0.2, 0.25) is 0 Å². The summed E-state index contributed by atoms with van der Waals surface area (Å²) in [6, 6.07) is 17.2. The first-order valence-electron chi connectivity index (χ1n) is 16.8. The number of ether oxygens (including phenoxy) is 1. The van der Waals surface area contributed by atoms with Crippen molar-refractivity contribution in [2.75, 3.05) is 19.7 Å². The highest BCUT2D eigenvalue weighted by molar-refractivity contribution is 5.99. The molecule has 0 saturated carbocycles. The van der Waals surface area contributed by atoms with Crippen LogP contribution in [0.1, 0.15) is 70.0 Å². The topological polar surface area (TPSA) is 90.4 Å². The lowest BCUT2D eigenvalue weighted by molar-refractivity contribution is -0.159. The second kappa shape index (κ2) is 13.9. The molecule has 0 aliphatic carbocycles. The summed E-state index contributed by atoms with van der Waals surface area (Å²) in [5.74, 6) is -2.34. The summed E-state index contributed by atoms with van der Waals surface area (Å²) in [5.41, 5.74) is -0.379. The van der Waals surface area contributed by atoms with Crippen molar-refractivity contribution in [3.63, 3.8) is 0 Å². The van der Waals surface area contributed by atoms with E-state index in [1.165, 1.54) is 0 Å². The number of nitrogens with zero attached hydrogens (tertiary/aromatic N) is 3. The van der Waals surface area contributed by atoms with Crippen LogP contribution < -0.4 is 0 Å². The fraction of sp³-hybridized carbons (Fsp3) is 0.500. The number of hydrogen-bond acceptors (Lipinski definition) is 5. The molecule has 2 aromatic carbocycles. The summed E-state index contributed by atoms with van der Waals surface area (Å²) in [6.45, 7) is 14.6. The van der Waals surface area contributed by atoms with Gasteiger partial charge in [0.1, 0.15) is 11.6 Å². The van der Waals surface area contributed by atoms with Crippen LogP contribution >= 0.6 is 0 Å². The molecule has 2 aromatic rings. The summed E-state index contributed by atoms with van der Waals surface area (Å²) in [7, 11) is 0. The van der Waals surface area contributed by atoms with Crippen molar-refractivity contribution in [2.24, 2.45) is 11.8 Å². The molecule has 5 rings (SSSR count). The molecule has 3 heterocycles. The van der Waals surface area contributed by atoms with Gasteiger partial charge in [-0.2, -0.15) is 0 Å². The number of hydrogen-bond donors (Lipinski definition) is 1. The van der Waals surface area contributed by atoms with Crippen molar-refractivity contribution in [3.05, 3.63) is 97.1 Å². The summed E-state index contributed by atoms with van der Waals surface area (Å²) >= 11 is 0. The second-order valence-corrected chi connectivity index (χ2v) is 13.1. The van der Waals surface area contributed by atoms with Crippen molar-refractivity contribution >= 4 is 17.7 Å². The van der Waals surface area contributed by atoms with Gasteiger partial charge >= 0.3 is 0 Å². The Kier molecular flexibility index (Phi) is 10.2. The molecular formula is C38H49N3O5. The number of rotatable bonds is 15. The van der Waals surface area contributed by atoms with Crippen molar-refractivity contribution < 1.29 is 24.2 Å². The van der Waals surface area contributed by atoms with E-state index in [4.69, 9.17) is 4.74 Å². The summed E-state index contributed by atoms with van der Waals surface area (Å²) in [6.07, 6.45) is 6.67. The Balaban J connectivity index is 1.64. The van der Waals surface area contributed by atoms with Crippen LogP contribution in [-0.2, 0) is 25.7 Å². The van der Waals surface area contributed by atoms with Gasteiger partial charge in [-0.25, -0.2) is 0 Å². The van der Waals surface area contributed by atoms with E-state index in [1.54, 1.807) is 26.9 Å². The molecule has 8 nitrogen and oxygen atoms in total. The minimum Gasteiger partial charge on any atom is -0.394 e. The maximum atomic E-state index is 15.0. The third-order valence-electron chi connectivity index (χ3n) is 10.5. The average molecular weight is 628 g/mol. The first-order valence-corrected chi connectivity index (χ1v) is 16.8. The number of aliphatic hydroxyl groups excluding tert-OH is 1. The number of aliphatic hydroxyl groups is 1. The Labute approximate surface area is 273 Å². The van der Waals surface area contributed by atoms with Crippen LogP contribution in [0.3, 0.4) is 0 Å². The maximum absolute atomic E-state index is 15.0. The van der Waals surface area contributed by atoms with Crippen LogP contribution in [0.4, 0.5) is 0 Å². The molecule has 3 unspecified atom stereocenters. The number of fused-ring (bicyclic) bond motifs is 1. The Morgan fingerprint density at radius 3 is 2.26 bits per heavy atom. The molecule has 0 aromatic heterocycles. The number of carbonyl (C=O) groups excluding carboxylic acids is 3. The Morgan fingerprint density at radius 2 is 1.67 bits per heavy atom. The minimum atomic E-state index is -1.20. The van der Waals surface area contributed by atoms with E-state index in [-0.39, 0.29) is 30.4 Å². The van der Waals surface area contributed by atoms with Crippen LogP contribution in [0.15, 0.2) is 86.0 Å². The van der Waals surface area contributed by atoms with Crippen molar-refractivity contribution in [3.8, 4) is 0 Å². The molecule has 3 aliphatic heterocycles. The molecule has 3 fully saturated rings. The first kappa shape index (κ1) is 33.6. The standard InChI is InChI=1S/C38H49N3O5/c1-6-16-27(5)40(24-8-3)36(45)33-38-22-21-37(9-4,46-38)31(34(43)39(23-7-2)25-28-17-12-10-13-18-28)32(38)35(44)41(33)30(26-42)29-19-14-11-15-20-29/h7-8,10-15,17-20,27,30-33,42H,2-3,6,9,16,21-26H2,1,4-5H3/t27?,30-,31-,32+,33?,37+,38?/m1/s1. The van der Waals surface area contributed by atoms with E-state index in [9.17, 15) is 14.7 Å². The number of likely N-dealkylation sites (tertiary alicyclic amines) is 1. The Hall–Kier alpha value is -3.75. The van der Waals surface area contributed by atoms with Gasteiger partial charge in [-0.1, -0.05) is 93.1 Å². The normalized spacial score (nSPS) is 27.6. The summed E-state index contributed by atoms with van der Waals surface area (Å²) < 4.78 is 7.08. The van der Waals surface area contributed by atoms with Gasteiger partial charge in [0.05, 0.1) is 30.1 Å². The van der Waals surface area contributed by atoms with Gasteiger partial charge in [-0.3, -0.25) is 14.4 Å². The molecule has 1 N–H and O–H groups in total. The van der Waals surface area contributed by atoms with Gasteiger partial charge in [0.25, 0.3) is 0 Å². The third kappa shape index (κ3) is 5.60. The van der Waals surface area contributed by atoms with E-state index in [2.05, 4.69) is 20.1 Å². The van der Waals surface area contributed by atoms with Gasteiger partial charge in [-0.05, 0) is 43.7 Å². The van der Waals surface area contributed by atoms with Gasteiger partial charge in [0, 0.05) is 25.7 Å². The van der Waals surface area contributed by atoms with E-state index >= 15 is 4.79 Å². The molecule has 3 saturated heterocycles. The largest absolute Gasteiger partial charge is 0.394 e. The van der Waals surface area contributed by atoms with Crippen LogP contribution in [0, 0.1) is 11.8 Å². The highest BCUT2D eigenvalue weighted by atomic mass is 16.5. The van der Waals surface area contributed by atoms with Gasteiger partial charge in [-0.15, -0.1) is 13.2 Å². The zero-order valence-electron chi connectivity index (χ0n) is 27.5. The van der Waals surface area contributed by atoms with Gasteiger partial charge < -0.3 is 24.5 Å². The molecule has 3 amide bonds. The van der Waals surface area contributed by atoms with Gasteiger partial charge in [0.2, 0.25) is 17.7 Å². The lowest BCUT2D eigenvalue weighted by atomic mass is 9.64. The molecule has 3 aliphatic rings.